The Kier molecular flexibility index (Phi) is 4.25. The third-order valence-corrected chi connectivity index (χ3v) is 2.53. The van der Waals surface area contributed by atoms with Crippen molar-refractivity contribution in [3.8, 4) is 0 Å². The van der Waals surface area contributed by atoms with E-state index < -0.39 is 5.91 Å². The number of nitrogens with zero attached hydrogens (tertiary/aromatic N) is 2. The fourth-order valence-electron chi connectivity index (χ4n) is 1.67. The monoisotopic (exact) mass is 260 g/mol. The van der Waals surface area contributed by atoms with E-state index in [1.54, 1.807) is 0 Å². The SMILES string of the molecule is Cc1nc2ccccc2nc1NCCOCC(N)=O. The van der Waals surface area contributed by atoms with Crippen molar-refractivity contribution < 1.29 is 9.53 Å². The molecule has 1 aromatic heterocycles. The van der Waals surface area contributed by atoms with E-state index in [1.807, 2.05) is 31.2 Å². The molecule has 1 amide bonds. The number of benzene rings is 1. The van der Waals surface area contributed by atoms with E-state index in [4.69, 9.17) is 10.5 Å². The summed E-state index contributed by atoms with van der Waals surface area (Å²) in [5, 5.41) is 3.13. The van der Waals surface area contributed by atoms with Crippen molar-refractivity contribution in [2.75, 3.05) is 25.1 Å². The summed E-state index contributed by atoms with van der Waals surface area (Å²) >= 11 is 0. The van der Waals surface area contributed by atoms with Crippen LogP contribution in [0.2, 0.25) is 0 Å². The lowest BCUT2D eigenvalue weighted by Crippen LogP contribution is -2.21. The van der Waals surface area contributed by atoms with Crippen LogP contribution in [0, 0.1) is 6.92 Å². The Morgan fingerprint density at radius 3 is 2.68 bits per heavy atom. The number of carbonyl (C=O) groups excluding carboxylic acids is 1. The molecule has 2 aromatic rings. The number of carbonyl (C=O) groups is 1. The highest BCUT2D eigenvalue weighted by molar-refractivity contribution is 5.76. The van der Waals surface area contributed by atoms with E-state index in [9.17, 15) is 4.79 Å². The molecule has 2 rings (SSSR count). The third kappa shape index (κ3) is 3.62. The number of hydrogen-bond donors (Lipinski definition) is 2. The molecule has 6 heteroatoms. The molecule has 1 heterocycles. The smallest absolute Gasteiger partial charge is 0.243 e. The van der Waals surface area contributed by atoms with Gasteiger partial charge in [0.25, 0.3) is 0 Å². The highest BCUT2D eigenvalue weighted by Gasteiger charge is 2.04. The molecule has 100 valence electrons. The van der Waals surface area contributed by atoms with Crippen molar-refractivity contribution in [1.29, 1.82) is 0 Å². The molecule has 0 aliphatic rings. The molecule has 0 aliphatic carbocycles. The quantitative estimate of drug-likeness (QED) is 0.751. The van der Waals surface area contributed by atoms with Gasteiger partial charge in [-0.1, -0.05) is 12.1 Å². The van der Waals surface area contributed by atoms with Crippen LogP contribution < -0.4 is 11.1 Å². The van der Waals surface area contributed by atoms with Crippen LogP contribution in [0.5, 0.6) is 0 Å². The fraction of sp³-hybridized carbons (Fsp3) is 0.308. The van der Waals surface area contributed by atoms with E-state index in [0.717, 1.165) is 22.5 Å². The first-order valence-corrected chi connectivity index (χ1v) is 6.00. The maximum Gasteiger partial charge on any atom is 0.243 e. The topological polar surface area (TPSA) is 90.1 Å². The molecular weight excluding hydrogens is 244 g/mol. The standard InChI is InChI=1S/C13H16N4O2/c1-9-13(15-6-7-19-8-12(14)18)17-11-5-3-2-4-10(11)16-9/h2-5H,6-8H2,1H3,(H2,14,18)(H,15,17). The van der Waals surface area contributed by atoms with Crippen LogP contribution in [0.25, 0.3) is 11.0 Å². The zero-order valence-electron chi connectivity index (χ0n) is 10.7. The largest absolute Gasteiger partial charge is 0.370 e. The van der Waals surface area contributed by atoms with Crippen LogP contribution in [-0.2, 0) is 9.53 Å². The molecule has 0 saturated heterocycles. The summed E-state index contributed by atoms with van der Waals surface area (Å²) in [5.74, 6) is 0.253. The van der Waals surface area contributed by atoms with Crippen LogP contribution in [0.4, 0.5) is 5.82 Å². The second kappa shape index (κ2) is 6.10. The molecule has 6 nitrogen and oxygen atoms in total. The number of aryl methyl sites for hydroxylation is 1. The minimum atomic E-state index is -0.471. The van der Waals surface area contributed by atoms with Crippen LogP contribution in [0.1, 0.15) is 5.69 Å². The Bertz CT molecular complexity index is 586. The maximum absolute atomic E-state index is 10.5. The highest BCUT2D eigenvalue weighted by atomic mass is 16.5. The van der Waals surface area contributed by atoms with Gasteiger partial charge in [-0.2, -0.15) is 0 Å². The molecule has 0 spiro atoms. The summed E-state index contributed by atoms with van der Waals surface area (Å²) in [7, 11) is 0. The molecule has 3 N–H and O–H groups in total. The molecule has 0 aliphatic heterocycles. The zero-order chi connectivity index (χ0) is 13.7. The number of nitrogens with two attached hydrogens (primary N) is 1. The molecule has 0 atom stereocenters. The van der Waals surface area contributed by atoms with Crippen molar-refractivity contribution in [2.45, 2.75) is 6.92 Å². The zero-order valence-corrected chi connectivity index (χ0v) is 10.7. The first-order chi connectivity index (χ1) is 9.16. The Hall–Kier alpha value is -2.21. The summed E-state index contributed by atoms with van der Waals surface area (Å²) in [6, 6.07) is 7.69. The van der Waals surface area contributed by atoms with Crippen molar-refractivity contribution in [1.82, 2.24) is 9.97 Å². The molecule has 19 heavy (non-hydrogen) atoms. The summed E-state index contributed by atoms with van der Waals surface area (Å²) in [4.78, 5) is 19.4. The molecule has 0 radical (unpaired) electrons. The number of primary amides is 1. The fourth-order valence-corrected chi connectivity index (χ4v) is 1.67. The summed E-state index contributed by atoms with van der Waals surface area (Å²) in [5.41, 5.74) is 7.51. The van der Waals surface area contributed by atoms with Gasteiger partial charge in [-0.25, -0.2) is 9.97 Å². The Morgan fingerprint density at radius 2 is 2.00 bits per heavy atom. The predicted octanol–water partition coefficient (Wildman–Crippen LogP) is 0.852. The number of para-hydroxylation sites is 2. The van der Waals surface area contributed by atoms with Gasteiger partial charge < -0.3 is 15.8 Å². The van der Waals surface area contributed by atoms with Crippen molar-refractivity contribution in [2.24, 2.45) is 5.73 Å². The maximum atomic E-state index is 10.5. The number of aromatic nitrogens is 2. The number of amides is 1. The highest BCUT2D eigenvalue weighted by Crippen LogP contribution is 2.15. The van der Waals surface area contributed by atoms with Crippen LogP contribution in [-0.4, -0.2) is 35.6 Å². The van der Waals surface area contributed by atoms with E-state index >= 15 is 0 Å². The average Bonchev–Trinajstić information content (AvgIpc) is 2.38. The third-order valence-electron chi connectivity index (χ3n) is 2.53. The van der Waals surface area contributed by atoms with E-state index in [0.29, 0.717) is 13.2 Å². The molecular formula is C13H16N4O2. The van der Waals surface area contributed by atoms with Crippen LogP contribution >= 0.6 is 0 Å². The predicted molar refractivity (Wildman–Crippen MR) is 72.8 cm³/mol. The first kappa shape index (κ1) is 13.2. The number of hydrogen-bond acceptors (Lipinski definition) is 5. The van der Waals surface area contributed by atoms with Gasteiger partial charge in [0.05, 0.1) is 23.3 Å². The van der Waals surface area contributed by atoms with Gasteiger partial charge >= 0.3 is 0 Å². The van der Waals surface area contributed by atoms with Crippen LogP contribution in [0.15, 0.2) is 24.3 Å². The minimum Gasteiger partial charge on any atom is -0.370 e. The lowest BCUT2D eigenvalue weighted by Gasteiger charge is -2.09. The molecule has 0 bridgehead atoms. The van der Waals surface area contributed by atoms with Gasteiger partial charge in [-0.05, 0) is 19.1 Å². The molecule has 0 saturated carbocycles. The van der Waals surface area contributed by atoms with Gasteiger partial charge in [0.1, 0.15) is 12.4 Å². The second-order valence-electron chi connectivity index (χ2n) is 4.09. The molecule has 1 aromatic carbocycles. The summed E-state index contributed by atoms with van der Waals surface area (Å²) in [6.45, 7) is 2.76. The van der Waals surface area contributed by atoms with Gasteiger partial charge in [-0.3, -0.25) is 4.79 Å². The number of fused-ring (bicyclic) bond motifs is 1. The lowest BCUT2D eigenvalue weighted by atomic mass is 10.3. The molecule has 0 unspecified atom stereocenters. The number of rotatable bonds is 6. The van der Waals surface area contributed by atoms with Crippen molar-refractivity contribution >= 4 is 22.8 Å². The van der Waals surface area contributed by atoms with Crippen LogP contribution in [0.3, 0.4) is 0 Å². The lowest BCUT2D eigenvalue weighted by molar-refractivity contribution is -0.122. The van der Waals surface area contributed by atoms with E-state index in [-0.39, 0.29) is 6.61 Å². The minimum absolute atomic E-state index is 0.0654. The number of anilines is 1. The van der Waals surface area contributed by atoms with Crippen molar-refractivity contribution in [3.63, 3.8) is 0 Å². The average molecular weight is 260 g/mol. The first-order valence-electron chi connectivity index (χ1n) is 6.00. The van der Waals surface area contributed by atoms with Crippen molar-refractivity contribution in [3.05, 3.63) is 30.0 Å². The number of ether oxygens (including phenoxy) is 1. The Morgan fingerprint density at radius 1 is 1.32 bits per heavy atom. The van der Waals surface area contributed by atoms with E-state index in [2.05, 4.69) is 15.3 Å². The van der Waals surface area contributed by atoms with Gasteiger partial charge in [0.2, 0.25) is 5.91 Å². The second-order valence-corrected chi connectivity index (χ2v) is 4.09. The number of nitrogens with one attached hydrogen (secondary N) is 1. The van der Waals surface area contributed by atoms with E-state index in [1.165, 1.54) is 0 Å². The summed E-state index contributed by atoms with van der Waals surface area (Å²) in [6.07, 6.45) is 0. The Labute approximate surface area is 111 Å². The van der Waals surface area contributed by atoms with Gasteiger partial charge in [-0.15, -0.1) is 0 Å². The normalized spacial score (nSPS) is 10.6. The summed E-state index contributed by atoms with van der Waals surface area (Å²) < 4.78 is 5.06. The molecule has 0 fully saturated rings. The van der Waals surface area contributed by atoms with Gasteiger partial charge in [0, 0.05) is 6.54 Å². The Balaban J connectivity index is 1.96. The van der Waals surface area contributed by atoms with Gasteiger partial charge in [0.15, 0.2) is 0 Å².